The monoisotopic (exact) mass is 482 g/mol. The van der Waals surface area contributed by atoms with E-state index in [1.165, 1.54) is 24.8 Å². The molecule has 2 aliphatic heterocycles. The highest BCUT2D eigenvalue weighted by atomic mass is 16.5. The maximum absolute atomic E-state index is 13.4. The van der Waals surface area contributed by atoms with Crippen LogP contribution in [-0.4, -0.2) is 45.9 Å². The molecule has 7 heteroatoms. The number of likely N-dealkylation sites (N-methyl/N-ethyl adjacent to an activating group) is 1. The van der Waals surface area contributed by atoms with Gasteiger partial charge in [0.2, 0.25) is 0 Å². The molecule has 0 radical (unpaired) electrons. The van der Waals surface area contributed by atoms with E-state index in [2.05, 4.69) is 17.1 Å². The molecule has 1 atom stereocenters. The summed E-state index contributed by atoms with van der Waals surface area (Å²) in [6.45, 7) is 1.17. The van der Waals surface area contributed by atoms with Crippen molar-refractivity contribution in [2.45, 2.75) is 38.3 Å². The molecule has 1 saturated carbocycles. The molecule has 184 valence electrons. The average molecular weight is 483 g/mol. The molecule has 0 bridgehead atoms. The number of aryl methyl sites for hydroxylation is 3. The van der Waals surface area contributed by atoms with E-state index in [-0.39, 0.29) is 11.6 Å². The highest BCUT2D eigenvalue weighted by molar-refractivity contribution is 6.05. The number of nitrogens with zero attached hydrogens (tertiary/aromatic N) is 4. The SMILES string of the molecule is CN1C=C(c2ccc3c(c2OCC2CCC2)n(CCc2ccccc2)c(=O)n3C)C2=CC=NC2C1=O. The number of fused-ring (bicyclic) bond motifs is 2. The van der Waals surface area contributed by atoms with Gasteiger partial charge in [0, 0.05) is 44.2 Å². The van der Waals surface area contributed by atoms with E-state index in [9.17, 15) is 9.59 Å². The molecular formula is C29H30N4O3. The average Bonchev–Trinajstić information content (AvgIpc) is 3.44. The minimum Gasteiger partial charge on any atom is -0.490 e. The summed E-state index contributed by atoms with van der Waals surface area (Å²) in [4.78, 5) is 32.1. The van der Waals surface area contributed by atoms with Gasteiger partial charge < -0.3 is 9.64 Å². The van der Waals surface area contributed by atoms with Gasteiger partial charge in [-0.1, -0.05) is 36.8 Å². The van der Waals surface area contributed by atoms with Crippen molar-refractivity contribution in [1.29, 1.82) is 0 Å². The molecule has 2 aromatic carbocycles. The van der Waals surface area contributed by atoms with Crippen LogP contribution in [0.25, 0.3) is 16.6 Å². The molecule has 1 aromatic heterocycles. The third kappa shape index (κ3) is 3.70. The Morgan fingerprint density at radius 1 is 1.06 bits per heavy atom. The first-order chi connectivity index (χ1) is 17.5. The quantitative estimate of drug-likeness (QED) is 0.512. The lowest BCUT2D eigenvalue weighted by atomic mass is 9.86. The van der Waals surface area contributed by atoms with Crippen molar-refractivity contribution in [2.75, 3.05) is 13.7 Å². The zero-order valence-electron chi connectivity index (χ0n) is 20.7. The van der Waals surface area contributed by atoms with E-state index in [0.717, 1.165) is 34.2 Å². The Balaban J connectivity index is 1.50. The molecule has 1 aliphatic carbocycles. The fourth-order valence-corrected chi connectivity index (χ4v) is 5.35. The summed E-state index contributed by atoms with van der Waals surface area (Å²) < 4.78 is 10.1. The number of imidazole rings is 1. The topological polar surface area (TPSA) is 68.8 Å². The summed E-state index contributed by atoms with van der Waals surface area (Å²) in [7, 11) is 3.58. The minimum atomic E-state index is -0.527. The number of aromatic nitrogens is 2. The maximum Gasteiger partial charge on any atom is 0.328 e. The zero-order valence-corrected chi connectivity index (χ0v) is 20.7. The molecule has 3 aromatic rings. The molecule has 0 N–H and O–H groups in total. The second-order valence-corrected chi connectivity index (χ2v) is 9.96. The first-order valence-electron chi connectivity index (χ1n) is 12.6. The van der Waals surface area contributed by atoms with Crippen LogP contribution in [0.15, 0.2) is 70.1 Å². The first-order valence-corrected chi connectivity index (χ1v) is 12.6. The molecule has 0 saturated heterocycles. The number of ether oxygens (including phenoxy) is 1. The van der Waals surface area contributed by atoms with Crippen molar-refractivity contribution in [3.63, 3.8) is 0 Å². The van der Waals surface area contributed by atoms with Gasteiger partial charge in [0.25, 0.3) is 5.91 Å². The van der Waals surface area contributed by atoms with Gasteiger partial charge in [-0.2, -0.15) is 0 Å². The zero-order chi connectivity index (χ0) is 24.8. The van der Waals surface area contributed by atoms with Gasteiger partial charge in [0.15, 0.2) is 11.8 Å². The van der Waals surface area contributed by atoms with E-state index in [0.29, 0.717) is 24.8 Å². The predicted octanol–water partition coefficient (Wildman–Crippen LogP) is 3.95. The molecule has 36 heavy (non-hydrogen) atoms. The lowest BCUT2D eigenvalue weighted by Crippen LogP contribution is -2.36. The van der Waals surface area contributed by atoms with Crippen LogP contribution in [0.4, 0.5) is 0 Å². The maximum atomic E-state index is 13.4. The van der Waals surface area contributed by atoms with E-state index in [1.54, 1.807) is 22.7 Å². The van der Waals surface area contributed by atoms with Crippen LogP contribution in [0, 0.1) is 5.92 Å². The van der Waals surface area contributed by atoms with Crippen molar-refractivity contribution in [3.8, 4) is 5.75 Å². The summed E-state index contributed by atoms with van der Waals surface area (Å²) >= 11 is 0. The molecule has 3 aliphatic rings. The number of benzene rings is 2. The van der Waals surface area contributed by atoms with Crippen molar-refractivity contribution >= 4 is 28.7 Å². The highest BCUT2D eigenvalue weighted by Crippen LogP contribution is 2.42. The molecule has 0 spiro atoms. The third-order valence-corrected chi connectivity index (χ3v) is 7.70. The van der Waals surface area contributed by atoms with Crippen LogP contribution in [0.5, 0.6) is 5.75 Å². The molecule has 6 rings (SSSR count). The molecule has 1 amide bonds. The Morgan fingerprint density at radius 2 is 1.86 bits per heavy atom. The minimum absolute atomic E-state index is 0.0451. The van der Waals surface area contributed by atoms with Crippen LogP contribution in [0.3, 0.4) is 0 Å². The highest BCUT2D eigenvalue weighted by Gasteiger charge is 2.35. The van der Waals surface area contributed by atoms with Crippen molar-refractivity contribution < 1.29 is 9.53 Å². The Hall–Kier alpha value is -3.87. The summed E-state index contributed by atoms with van der Waals surface area (Å²) in [5, 5.41) is 0. The molecule has 7 nitrogen and oxygen atoms in total. The summed E-state index contributed by atoms with van der Waals surface area (Å²) in [6.07, 6.45) is 9.80. The molecule has 1 fully saturated rings. The Kier molecular flexibility index (Phi) is 5.63. The Bertz CT molecular complexity index is 1490. The Morgan fingerprint density at radius 3 is 2.61 bits per heavy atom. The van der Waals surface area contributed by atoms with Gasteiger partial charge in [0.05, 0.1) is 12.1 Å². The van der Waals surface area contributed by atoms with Crippen molar-refractivity contribution in [2.24, 2.45) is 18.0 Å². The van der Waals surface area contributed by atoms with Crippen LogP contribution >= 0.6 is 0 Å². The summed E-state index contributed by atoms with van der Waals surface area (Å²) in [5.74, 6) is 1.20. The van der Waals surface area contributed by atoms with Crippen LogP contribution in [0.2, 0.25) is 0 Å². The first kappa shape index (κ1) is 22.6. The Labute approximate surface area is 210 Å². The number of carbonyl (C=O) groups excluding carboxylic acids is 1. The molecule has 1 unspecified atom stereocenters. The number of carbonyl (C=O) groups is 1. The van der Waals surface area contributed by atoms with Crippen LogP contribution < -0.4 is 10.4 Å². The second-order valence-electron chi connectivity index (χ2n) is 9.96. The standard InChI is InChI=1S/C29H30N4O3/c1-31-17-23(21-13-15-30-25(21)28(31)34)22-11-12-24-26(27(22)36-18-20-9-6-10-20)33(29(35)32(24)2)16-14-19-7-4-3-5-8-19/h3-5,7-8,11-13,15,17,20,25H,6,9-10,14,16,18H2,1-2H3. The van der Waals surface area contributed by atoms with Crippen LogP contribution in [-0.2, 0) is 24.8 Å². The predicted molar refractivity (Wildman–Crippen MR) is 141 cm³/mol. The fourth-order valence-electron chi connectivity index (χ4n) is 5.35. The van der Waals surface area contributed by atoms with Gasteiger partial charge in [0.1, 0.15) is 5.52 Å². The van der Waals surface area contributed by atoms with Gasteiger partial charge in [-0.15, -0.1) is 0 Å². The smallest absolute Gasteiger partial charge is 0.328 e. The lowest BCUT2D eigenvalue weighted by molar-refractivity contribution is -0.128. The van der Waals surface area contributed by atoms with Crippen molar-refractivity contribution in [1.82, 2.24) is 14.0 Å². The van der Waals surface area contributed by atoms with E-state index in [1.807, 2.05) is 54.2 Å². The van der Waals surface area contributed by atoms with Gasteiger partial charge in [-0.25, -0.2) is 4.79 Å². The van der Waals surface area contributed by atoms with Gasteiger partial charge >= 0.3 is 5.69 Å². The lowest BCUT2D eigenvalue weighted by Gasteiger charge is -2.29. The number of hydrogen-bond donors (Lipinski definition) is 0. The normalized spacial score (nSPS) is 19.3. The van der Waals surface area contributed by atoms with Crippen LogP contribution in [0.1, 0.15) is 30.4 Å². The van der Waals surface area contributed by atoms with E-state index < -0.39 is 6.04 Å². The largest absolute Gasteiger partial charge is 0.490 e. The molecule has 3 heterocycles. The fraction of sp³-hybridized carbons (Fsp3) is 0.345. The third-order valence-electron chi connectivity index (χ3n) is 7.70. The van der Waals surface area contributed by atoms with Crippen molar-refractivity contribution in [3.05, 3.63) is 81.9 Å². The van der Waals surface area contributed by atoms with Gasteiger partial charge in [-0.05, 0) is 54.5 Å². The number of hydrogen-bond acceptors (Lipinski definition) is 4. The summed E-state index contributed by atoms with van der Waals surface area (Å²) in [6, 6.07) is 13.7. The van der Waals surface area contributed by atoms with E-state index >= 15 is 0 Å². The number of rotatable bonds is 7. The molecular weight excluding hydrogens is 452 g/mol. The summed E-state index contributed by atoms with van der Waals surface area (Å²) in [5.41, 5.74) is 5.46. The number of amides is 1. The number of allylic oxidation sites excluding steroid dienone is 1. The number of aliphatic imine (C=N–C) groups is 1. The van der Waals surface area contributed by atoms with Gasteiger partial charge in [-0.3, -0.25) is 18.9 Å². The second kappa shape index (κ2) is 8.97. The van der Waals surface area contributed by atoms with E-state index in [4.69, 9.17) is 4.74 Å².